The molecule has 0 bridgehead atoms. The van der Waals surface area contributed by atoms with Crippen molar-refractivity contribution in [3.63, 3.8) is 0 Å². The Morgan fingerprint density at radius 3 is 1.87 bits per heavy atom. The number of ether oxygens (including phenoxy) is 3. The van der Waals surface area contributed by atoms with Crippen LogP contribution in [0.15, 0.2) is 0 Å². The molecule has 0 aromatic rings. The van der Waals surface area contributed by atoms with Gasteiger partial charge < -0.3 is 29.5 Å². The molecule has 0 aromatic carbocycles. The van der Waals surface area contributed by atoms with E-state index in [2.05, 4.69) is 21.9 Å². The van der Waals surface area contributed by atoms with Gasteiger partial charge in [-0.05, 0) is 0 Å². The van der Waals surface area contributed by atoms with Gasteiger partial charge in [0.2, 0.25) is 0 Å². The van der Waals surface area contributed by atoms with E-state index in [0.29, 0.717) is 0 Å². The average molecular weight is 661 g/mol. The maximum atomic E-state index is 11.5. The van der Waals surface area contributed by atoms with Crippen LogP contribution < -0.4 is 0 Å². The number of hydrogen-bond donors (Lipinski definition) is 7. The Bertz CT molecular complexity index is 1140. The highest BCUT2D eigenvalue weighted by Crippen LogP contribution is 2.34. The van der Waals surface area contributed by atoms with E-state index in [9.17, 15) is 49.9 Å². The molecule has 9 unspecified atom stereocenters. The summed E-state index contributed by atoms with van der Waals surface area (Å²) in [4.78, 5) is 11.4. The molecule has 9 atom stereocenters. The van der Waals surface area contributed by atoms with Crippen LogP contribution in [0.25, 0.3) is 0 Å². The number of aliphatic hydroxyl groups excluding tert-OH is 2. The molecule has 0 spiro atoms. The van der Waals surface area contributed by atoms with Gasteiger partial charge in [0.05, 0.1) is 13.2 Å². The molecule has 0 aliphatic carbocycles. The van der Waals surface area contributed by atoms with Crippen LogP contribution >= 0.6 is 12.3 Å². The molecule has 2 saturated heterocycles. The lowest BCUT2D eigenvalue weighted by molar-refractivity contribution is -0.434. The van der Waals surface area contributed by atoms with E-state index < -0.39 is 106 Å². The number of aliphatic hydroxyl groups is 2. The third kappa shape index (κ3) is 10.8. The molecular formula is C12H20O23S4. The summed E-state index contributed by atoms with van der Waals surface area (Å²) in [6.45, 7) is -2.04. The van der Waals surface area contributed by atoms with Crippen LogP contribution in [0.2, 0.25) is 0 Å². The summed E-state index contributed by atoms with van der Waals surface area (Å²) in [5, 5.41) is 40.8. The molecule has 230 valence electrons. The summed E-state index contributed by atoms with van der Waals surface area (Å²) < 4.78 is 131. The Labute approximate surface area is 222 Å². The van der Waals surface area contributed by atoms with Crippen LogP contribution in [-0.2, 0) is 76.3 Å². The van der Waals surface area contributed by atoms with Crippen molar-refractivity contribution in [1.29, 1.82) is 0 Å². The molecular weight excluding hydrogens is 640 g/mol. The molecule has 0 saturated carbocycles. The Hall–Kier alpha value is -0.930. The molecule has 2 rings (SSSR count). The van der Waals surface area contributed by atoms with Gasteiger partial charge in [-0.1, -0.05) is 5.04 Å². The first-order valence-electron chi connectivity index (χ1n) is 9.58. The molecule has 7 N–H and O–H groups in total. The minimum atomic E-state index is -5.47. The fourth-order valence-corrected chi connectivity index (χ4v) is 4.88. The Kier molecular flexibility index (Phi) is 12.1. The van der Waals surface area contributed by atoms with E-state index in [0.717, 1.165) is 0 Å². The normalized spacial score (nSPS) is 34.3. The van der Waals surface area contributed by atoms with Crippen molar-refractivity contribution in [3.05, 3.63) is 0 Å². The van der Waals surface area contributed by atoms with Crippen molar-refractivity contribution >= 4 is 49.5 Å². The van der Waals surface area contributed by atoms with Gasteiger partial charge in [0.25, 0.3) is 0 Å². The van der Waals surface area contributed by atoms with Gasteiger partial charge in [-0.2, -0.15) is 25.3 Å². The summed E-state index contributed by atoms with van der Waals surface area (Å²) in [5.74, 6) is -1.93. The standard InChI is InChI=1S/C12H20O23S4/c13-5-6(14)10(33-39(24,25)26)12(31-9(5)11(15)16)30-7-3(1-27-36-35-34-17)29-4(2-28-37(18,19)20)8(7)32-38(21,22)23/h3-10,12-14,17H,1-2H2,(H,15,16)(H,18,19,20)(H,21,22,23)(H,24,25,26). The lowest BCUT2D eigenvalue weighted by Gasteiger charge is -2.41. The molecule has 2 fully saturated rings. The maximum absolute atomic E-state index is 11.5. The molecule has 2 aliphatic heterocycles. The van der Waals surface area contributed by atoms with Crippen molar-refractivity contribution in [3.8, 4) is 0 Å². The lowest BCUT2D eigenvalue weighted by atomic mass is 9.98. The third-order valence-electron chi connectivity index (χ3n) is 4.67. The van der Waals surface area contributed by atoms with Crippen molar-refractivity contribution in [2.24, 2.45) is 0 Å². The number of hydrogen-bond acceptors (Lipinski definition) is 20. The van der Waals surface area contributed by atoms with Crippen molar-refractivity contribution < 1.29 is 105 Å². The molecule has 23 nitrogen and oxygen atoms in total. The highest BCUT2D eigenvalue weighted by Gasteiger charge is 2.55. The van der Waals surface area contributed by atoms with Crippen molar-refractivity contribution in [2.75, 3.05) is 13.2 Å². The lowest BCUT2D eigenvalue weighted by Crippen LogP contribution is -2.62. The summed E-state index contributed by atoms with van der Waals surface area (Å²) in [6, 6.07) is 0. The third-order valence-corrected chi connectivity index (χ3v) is 6.39. The van der Waals surface area contributed by atoms with Gasteiger partial charge in [0.15, 0.2) is 30.8 Å². The van der Waals surface area contributed by atoms with Crippen molar-refractivity contribution in [2.45, 2.75) is 55.1 Å². The fourth-order valence-electron chi connectivity index (χ4n) is 3.32. The molecule has 2 heterocycles. The molecule has 2 aliphatic rings. The van der Waals surface area contributed by atoms with Gasteiger partial charge in [-0.15, -0.1) is 4.33 Å². The highest BCUT2D eigenvalue weighted by atomic mass is 32.3. The zero-order valence-corrected chi connectivity index (χ0v) is 21.7. The van der Waals surface area contributed by atoms with Gasteiger partial charge in [0, 0.05) is 0 Å². The second-order valence-corrected chi connectivity index (χ2v) is 10.9. The van der Waals surface area contributed by atoms with Crippen LogP contribution in [0.3, 0.4) is 0 Å². The second-order valence-electron chi connectivity index (χ2n) is 7.24. The minimum Gasteiger partial charge on any atom is -0.479 e. The van der Waals surface area contributed by atoms with Gasteiger partial charge in [-0.25, -0.2) is 22.6 Å². The van der Waals surface area contributed by atoms with Gasteiger partial charge >= 0.3 is 37.2 Å². The quantitative estimate of drug-likeness (QED) is 0.0288. The predicted molar refractivity (Wildman–Crippen MR) is 111 cm³/mol. The number of rotatable bonds is 15. The molecule has 0 radical (unpaired) electrons. The fraction of sp³-hybridized carbons (Fsp3) is 0.917. The van der Waals surface area contributed by atoms with E-state index in [1.54, 1.807) is 0 Å². The molecule has 27 heteroatoms. The molecule has 39 heavy (non-hydrogen) atoms. The van der Waals surface area contributed by atoms with E-state index in [1.165, 1.54) is 0 Å². The minimum absolute atomic E-state index is 0.0676. The Balaban J connectivity index is 2.47. The van der Waals surface area contributed by atoms with Crippen molar-refractivity contribution in [1.82, 2.24) is 0 Å². The monoisotopic (exact) mass is 660 g/mol. The maximum Gasteiger partial charge on any atom is 0.397 e. The second kappa shape index (κ2) is 13.8. The number of carbonyl (C=O) groups is 1. The smallest absolute Gasteiger partial charge is 0.397 e. The molecule has 0 amide bonds. The van der Waals surface area contributed by atoms with E-state index in [1.807, 2.05) is 0 Å². The zero-order chi connectivity index (χ0) is 29.8. The number of aliphatic carboxylic acids is 1. The summed E-state index contributed by atoms with van der Waals surface area (Å²) in [5.41, 5.74) is 0. The molecule has 0 aromatic heterocycles. The van der Waals surface area contributed by atoms with Crippen LogP contribution in [0.5, 0.6) is 0 Å². The van der Waals surface area contributed by atoms with E-state index >= 15 is 0 Å². The Morgan fingerprint density at radius 2 is 1.36 bits per heavy atom. The summed E-state index contributed by atoms with van der Waals surface area (Å²) in [7, 11) is -16.1. The number of carboxylic acid groups (broad SMARTS) is 1. The van der Waals surface area contributed by atoms with Gasteiger partial charge in [0.1, 0.15) is 36.6 Å². The largest absolute Gasteiger partial charge is 0.479 e. The van der Waals surface area contributed by atoms with Crippen LogP contribution in [-0.4, -0.2) is 134 Å². The average Bonchev–Trinajstić information content (AvgIpc) is 3.08. The topological polar surface area (TPSA) is 344 Å². The van der Waals surface area contributed by atoms with Crippen LogP contribution in [0.1, 0.15) is 0 Å². The van der Waals surface area contributed by atoms with Crippen LogP contribution in [0, 0.1) is 0 Å². The first-order chi connectivity index (χ1) is 17.8. The summed E-state index contributed by atoms with van der Waals surface area (Å²) in [6.07, 6.45) is -19.9. The Morgan fingerprint density at radius 1 is 0.795 bits per heavy atom. The van der Waals surface area contributed by atoms with Gasteiger partial charge in [-0.3, -0.25) is 17.8 Å². The highest BCUT2D eigenvalue weighted by molar-refractivity contribution is 7.89. The first kappa shape index (κ1) is 34.3. The SMILES string of the molecule is O=C(O)C1OC(OC2C(COSOOO)OC(COS(=O)(=O)O)C2OS(=O)(=O)O)C(OS(=O)(=O)O)C(O)C1O. The van der Waals surface area contributed by atoms with E-state index in [4.69, 9.17) is 32.8 Å². The first-order valence-corrected chi connectivity index (χ1v) is 14.3. The van der Waals surface area contributed by atoms with Crippen LogP contribution in [0.4, 0.5) is 0 Å². The zero-order valence-electron chi connectivity index (χ0n) is 18.4. The number of carboxylic acids is 1. The van der Waals surface area contributed by atoms with E-state index in [-0.39, 0.29) is 12.3 Å². The summed E-state index contributed by atoms with van der Waals surface area (Å²) >= 11 is -0.0676. The predicted octanol–water partition coefficient (Wildman–Crippen LogP) is -4.13.